The minimum absolute atomic E-state index is 0.0433. The lowest BCUT2D eigenvalue weighted by atomic mass is 9.79. The molecule has 8 rings (SSSR count). The fraction of sp³-hybridized carbons (Fsp3) is 0.152. The van der Waals surface area contributed by atoms with Gasteiger partial charge in [0.25, 0.3) is 0 Å². The number of hydrogen-bond acceptors (Lipinski definition) is 1. The molecule has 1 heteroatoms. The quantitative estimate of drug-likeness (QED) is 0.132. The van der Waals surface area contributed by atoms with E-state index in [-0.39, 0.29) is 5.41 Å². The van der Waals surface area contributed by atoms with Gasteiger partial charge >= 0.3 is 0 Å². The van der Waals surface area contributed by atoms with E-state index in [1.807, 2.05) is 6.08 Å². The molecule has 0 saturated carbocycles. The third kappa shape index (κ3) is 4.70. The highest BCUT2D eigenvalue weighted by molar-refractivity contribution is 5.94. The summed E-state index contributed by atoms with van der Waals surface area (Å²) in [6, 6.07) is 33.2. The summed E-state index contributed by atoms with van der Waals surface area (Å²) >= 11 is 0. The number of fused-ring (bicyclic) bond motifs is 5. The summed E-state index contributed by atoms with van der Waals surface area (Å²) < 4.78 is 0. The van der Waals surface area contributed by atoms with Crippen molar-refractivity contribution in [3.05, 3.63) is 196 Å². The van der Waals surface area contributed by atoms with Gasteiger partial charge in [-0.05, 0) is 105 Å². The van der Waals surface area contributed by atoms with Crippen LogP contribution in [0.5, 0.6) is 0 Å². The molecular formula is C46H39N. The van der Waals surface area contributed by atoms with Gasteiger partial charge in [-0.25, -0.2) is 0 Å². The van der Waals surface area contributed by atoms with Crippen LogP contribution < -0.4 is 4.90 Å². The van der Waals surface area contributed by atoms with E-state index < -0.39 is 0 Å². The van der Waals surface area contributed by atoms with E-state index in [0.717, 1.165) is 36.1 Å². The molecule has 0 saturated heterocycles. The number of benzene rings is 4. The lowest BCUT2D eigenvalue weighted by Crippen LogP contribution is -2.25. The van der Waals surface area contributed by atoms with Gasteiger partial charge in [0.2, 0.25) is 0 Å². The van der Waals surface area contributed by atoms with E-state index in [4.69, 9.17) is 0 Å². The molecule has 0 amide bonds. The van der Waals surface area contributed by atoms with Gasteiger partial charge in [0.05, 0.1) is 11.4 Å². The average Bonchev–Trinajstić information content (AvgIpc) is 3.80. The molecule has 1 nitrogen and oxygen atoms in total. The van der Waals surface area contributed by atoms with Crippen molar-refractivity contribution in [2.24, 2.45) is 0 Å². The molecule has 4 aliphatic carbocycles. The van der Waals surface area contributed by atoms with Gasteiger partial charge in [0, 0.05) is 23.1 Å². The Hall–Kier alpha value is -5.36. The molecule has 4 aromatic carbocycles. The summed E-state index contributed by atoms with van der Waals surface area (Å²) in [5.41, 5.74) is 23.3. The van der Waals surface area contributed by atoms with E-state index in [9.17, 15) is 0 Å². The maximum Gasteiger partial charge on any atom is 0.0894 e. The highest BCUT2D eigenvalue weighted by Crippen LogP contribution is 2.53. The van der Waals surface area contributed by atoms with E-state index in [0.29, 0.717) is 0 Å². The van der Waals surface area contributed by atoms with Crippen molar-refractivity contribution < 1.29 is 0 Å². The Morgan fingerprint density at radius 3 is 2.47 bits per heavy atom. The summed E-state index contributed by atoms with van der Waals surface area (Å²) in [6.45, 7) is 11.0. The van der Waals surface area contributed by atoms with Gasteiger partial charge in [-0.2, -0.15) is 0 Å². The molecule has 0 aliphatic heterocycles. The van der Waals surface area contributed by atoms with E-state index in [1.54, 1.807) is 0 Å². The Morgan fingerprint density at radius 2 is 1.64 bits per heavy atom. The maximum absolute atomic E-state index is 4.17. The van der Waals surface area contributed by atoms with E-state index >= 15 is 0 Å². The number of anilines is 1. The molecular weight excluding hydrogens is 567 g/mol. The third-order valence-corrected chi connectivity index (χ3v) is 10.3. The molecule has 0 unspecified atom stereocenters. The van der Waals surface area contributed by atoms with Gasteiger partial charge in [-0.3, -0.25) is 0 Å². The zero-order valence-corrected chi connectivity index (χ0v) is 27.5. The van der Waals surface area contributed by atoms with Gasteiger partial charge < -0.3 is 4.90 Å². The molecule has 47 heavy (non-hydrogen) atoms. The molecule has 0 N–H and O–H groups in total. The molecule has 228 valence electrons. The second-order valence-electron chi connectivity index (χ2n) is 13.3. The summed E-state index contributed by atoms with van der Waals surface area (Å²) in [5.74, 6) is 0. The molecule has 0 heterocycles. The summed E-state index contributed by atoms with van der Waals surface area (Å²) in [5, 5.41) is 0. The topological polar surface area (TPSA) is 3.24 Å². The highest BCUT2D eigenvalue weighted by atomic mass is 15.2. The number of nitrogens with zero attached hydrogens (tertiary/aromatic N) is 1. The molecule has 0 spiro atoms. The van der Waals surface area contributed by atoms with Crippen LogP contribution in [0.3, 0.4) is 0 Å². The van der Waals surface area contributed by atoms with Crippen molar-refractivity contribution in [2.75, 3.05) is 4.90 Å². The normalized spacial score (nSPS) is 17.2. The maximum atomic E-state index is 4.17. The Labute approximate surface area is 279 Å². The Morgan fingerprint density at radius 1 is 0.851 bits per heavy atom. The number of hydrogen-bond donors (Lipinski definition) is 0. The summed E-state index contributed by atoms with van der Waals surface area (Å²) in [6.07, 6.45) is 18.2. The van der Waals surface area contributed by atoms with Gasteiger partial charge in [-0.1, -0.05) is 135 Å². The van der Waals surface area contributed by atoms with Crippen LogP contribution in [0.25, 0.3) is 27.8 Å². The number of rotatable bonds is 7. The zero-order valence-electron chi connectivity index (χ0n) is 27.5. The van der Waals surface area contributed by atoms with E-state index in [2.05, 4.69) is 165 Å². The van der Waals surface area contributed by atoms with Crippen molar-refractivity contribution in [1.29, 1.82) is 0 Å². The second kappa shape index (κ2) is 11.5. The Bertz CT molecular complexity index is 2180. The van der Waals surface area contributed by atoms with Gasteiger partial charge in [-0.15, -0.1) is 0 Å². The minimum Gasteiger partial charge on any atom is -0.307 e. The van der Waals surface area contributed by atoms with Crippen LogP contribution >= 0.6 is 0 Å². The first-order valence-corrected chi connectivity index (χ1v) is 16.8. The van der Waals surface area contributed by atoms with Crippen LogP contribution in [-0.2, 0) is 11.8 Å². The molecule has 0 aromatic heterocycles. The van der Waals surface area contributed by atoms with Crippen molar-refractivity contribution >= 4 is 22.4 Å². The smallest absolute Gasteiger partial charge is 0.0894 e. The summed E-state index contributed by atoms with van der Waals surface area (Å²) in [7, 11) is 0. The van der Waals surface area contributed by atoms with Crippen LogP contribution in [0, 0.1) is 0 Å². The van der Waals surface area contributed by atoms with E-state index in [1.165, 1.54) is 67.0 Å². The zero-order chi connectivity index (χ0) is 32.1. The lowest BCUT2D eigenvalue weighted by molar-refractivity contribution is 0.648. The monoisotopic (exact) mass is 605 g/mol. The van der Waals surface area contributed by atoms with Crippen LogP contribution in [-0.4, -0.2) is 0 Å². The number of allylic oxidation sites excluding steroid dienone is 11. The largest absolute Gasteiger partial charge is 0.307 e. The summed E-state index contributed by atoms with van der Waals surface area (Å²) in [4.78, 5) is 2.52. The van der Waals surface area contributed by atoms with Crippen LogP contribution in [0.4, 0.5) is 5.69 Å². The van der Waals surface area contributed by atoms with Crippen molar-refractivity contribution in [3.63, 3.8) is 0 Å². The van der Waals surface area contributed by atoms with Crippen LogP contribution in [0.15, 0.2) is 163 Å². The third-order valence-electron chi connectivity index (χ3n) is 10.3. The molecule has 0 fully saturated rings. The molecule has 0 bridgehead atoms. The standard InChI is InChI=1S/C46H39N/c1-5-7-15-31(6-2)37-20-13-18-34-29-41-40(45(34)37)21-14-23-44(41)47(35-25-24-33(28-35)32-16-9-8-10-17-32)36-26-27-39-38-19-11-12-22-42(38)46(3,4)43(39)30-36/h5-25,30H,2,26-27,29H2,1,3-4H3/b7-5?,31-15+. The lowest BCUT2D eigenvalue weighted by Gasteiger charge is -2.33. The first-order chi connectivity index (χ1) is 23.0. The second-order valence-corrected chi connectivity index (χ2v) is 13.3. The van der Waals surface area contributed by atoms with Crippen molar-refractivity contribution in [2.45, 2.75) is 45.4 Å². The van der Waals surface area contributed by atoms with Gasteiger partial charge in [0.1, 0.15) is 0 Å². The fourth-order valence-electron chi connectivity index (χ4n) is 8.07. The molecule has 0 atom stereocenters. The minimum atomic E-state index is -0.0433. The fourth-order valence-corrected chi connectivity index (χ4v) is 8.07. The Balaban J connectivity index is 1.32. The first kappa shape index (κ1) is 29.1. The molecule has 4 aromatic rings. The SMILES string of the molecule is C=C/C(=C\C=CC)c1cccc2c1-c1cccc(N(C3=C=C(c4ccccc4)C=C3)C3=CC4=C(CC3)c3ccccc3C4(C)C)c1C2. The van der Waals surface area contributed by atoms with Crippen molar-refractivity contribution in [3.8, 4) is 11.1 Å². The van der Waals surface area contributed by atoms with Crippen molar-refractivity contribution in [1.82, 2.24) is 0 Å². The Kier molecular flexibility index (Phi) is 7.09. The average molecular weight is 606 g/mol. The molecule has 4 aliphatic rings. The first-order valence-electron chi connectivity index (χ1n) is 16.8. The predicted octanol–water partition coefficient (Wildman–Crippen LogP) is 11.8. The predicted molar refractivity (Wildman–Crippen MR) is 200 cm³/mol. The molecule has 0 radical (unpaired) electrons. The van der Waals surface area contributed by atoms with Gasteiger partial charge in [0.15, 0.2) is 0 Å². The van der Waals surface area contributed by atoms with Crippen LogP contribution in [0.1, 0.15) is 67.0 Å². The van der Waals surface area contributed by atoms with Crippen LogP contribution in [0.2, 0.25) is 0 Å². The highest BCUT2D eigenvalue weighted by Gasteiger charge is 2.39.